The molecule has 4 atom stereocenters. The number of carbonyl (C=O) groups is 6. The SMILES string of the molecule is CC(=O)O[C@H]1CCN2/C(=N\C(=O)OC(C)(C)C)N(C(=O)OC(C)(C)C)[C@@H](CNC(N)=O)[C@@H]3N=C(NC(=O)OC(C)(C)C)N(C(=O)OC(C)(C)C)[C@@]132. The highest BCUT2D eigenvalue weighted by molar-refractivity contribution is 6.07. The summed E-state index contributed by atoms with van der Waals surface area (Å²) in [5.41, 5.74) is -0.641. The Hall–Kier alpha value is -4.84. The first-order valence-electron chi connectivity index (χ1n) is 16.5. The van der Waals surface area contributed by atoms with Crippen LogP contribution in [0.3, 0.4) is 0 Å². The molecular weight excluding hydrogens is 672 g/mol. The third-order valence-corrected chi connectivity index (χ3v) is 7.10. The molecular formula is C32H52N8O11. The van der Waals surface area contributed by atoms with Crippen molar-refractivity contribution in [3.05, 3.63) is 0 Å². The number of nitrogens with two attached hydrogens (primary N) is 1. The quantitative estimate of drug-likeness (QED) is 0.281. The number of rotatable bonds is 3. The lowest BCUT2D eigenvalue weighted by molar-refractivity contribution is -0.158. The number of aliphatic imine (C=N–C) groups is 2. The Balaban J connectivity index is 2.47. The minimum Gasteiger partial charge on any atom is -0.458 e. The van der Waals surface area contributed by atoms with Crippen LogP contribution in [0.2, 0.25) is 0 Å². The van der Waals surface area contributed by atoms with Gasteiger partial charge in [0.25, 0.3) is 0 Å². The van der Waals surface area contributed by atoms with E-state index in [1.165, 1.54) is 11.8 Å². The van der Waals surface area contributed by atoms with Crippen LogP contribution in [0.5, 0.6) is 0 Å². The van der Waals surface area contributed by atoms with Gasteiger partial charge < -0.3 is 39.6 Å². The first-order valence-corrected chi connectivity index (χ1v) is 16.5. The van der Waals surface area contributed by atoms with Crippen LogP contribution in [-0.2, 0) is 28.5 Å². The molecule has 0 aliphatic carbocycles. The molecule has 3 aliphatic heterocycles. The molecule has 0 aromatic rings. The van der Waals surface area contributed by atoms with Gasteiger partial charge in [-0.3, -0.25) is 10.1 Å². The predicted molar refractivity (Wildman–Crippen MR) is 181 cm³/mol. The number of carbonyl (C=O) groups excluding carboxylic acids is 6. The fraction of sp³-hybridized carbons (Fsp3) is 0.750. The highest BCUT2D eigenvalue weighted by Crippen LogP contribution is 2.49. The average Bonchev–Trinajstić information content (AvgIpc) is 3.39. The van der Waals surface area contributed by atoms with E-state index in [9.17, 15) is 28.8 Å². The topological polar surface area (TPSA) is 233 Å². The van der Waals surface area contributed by atoms with E-state index in [1.54, 1.807) is 83.1 Å². The van der Waals surface area contributed by atoms with Gasteiger partial charge in [0.2, 0.25) is 11.9 Å². The van der Waals surface area contributed by atoms with Gasteiger partial charge in [-0.05, 0) is 83.1 Å². The van der Waals surface area contributed by atoms with Crippen molar-refractivity contribution in [2.75, 3.05) is 13.1 Å². The molecule has 2 saturated heterocycles. The summed E-state index contributed by atoms with van der Waals surface area (Å²) in [6, 6.07) is -3.70. The van der Waals surface area contributed by atoms with Crippen molar-refractivity contribution in [3.8, 4) is 0 Å². The molecule has 3 rings (SSSR count). The van der Waals surface area contributed by atoms with Crippen LogP contribution in [0, 0.1) is 0 Å². The van der Waals surface area contributed by atoms with E-state index in [0.29, 0.717) is 0 Å². The van der Waals surface area contributed by atoms with Crippen LogP contribution in [0.1, 0.15) is 96.4 Å². The summed E-state index contributed by atoms with van der Waals surface area (Å²) < 4.78 is 28.4. The van der Waals surface area contributed by atoms with Crippen LogP contribution in [0.25, 0.3) is 0 Å². The van der Waals surface area contributed by atoms with Gasteiger partial charge in [-0.25, -0.2) is 38.8 Å². The maximum Gasteiger partial charge on any atom is 0.437 e. The third-order valence-electron chi connectivity index (χ3n) is 7.10. The molecule has 19 nitrogen and oxygen atoms in total. The number of alkyl carbamates (subject to hydrolysis) is 1. The van der Waals surface area contributed by atoms with Crippen molar-refractivity contribution in [2.45, 2.75) is 143 Å². The molecule has 3 aliphatic rings. The number of hydrogen-bond acceptors (Lipinski definition) is 12. The number of esters is 1. The van der Waals surface area contributed by atoms with Crippen molar-refractivity contribution in [2.24, 2.45) is 15.7 Å². The van der Waals surface area contributed by atoms with Gasteiger partial charge in [0.05, 0.1) is 6.04 Å². The summed E-state index contributed by atoms with van der Waals surface area (Å²) in [6.45, 7) is 20.1. The smallest absolute Gasteiger partial charge is 0.437 e. The van der Waals surface area contributed by atoms with Crippen LogP contribution in [0.4, 0.5) is 24.0 Å². The zero-order valence-electron chi connectivity index (χ0n) is 31.7. The zero-order valence-corrected chi connectivity index (χ0v) is 31.7. The summed E-state index contributed by atoms with van der Waals surface area (Å²) in [7, 11) is 0. The van der Waals surface area contributed by atoms with Gasteiger partial charge in [0.15, 0.2) is 5.66 Å². The number of urea groups is 1. The maximum atomic E-state index is 14.4. The molecule has 0 bridgehead atoms. The molecule has 0 unspecified atom stereocenters. The lowest BCUT2D eigenvalue weighted by atomic mass is 9.85. The Labute approximate surface area is 297 Å². The van der Waals surface area contributed by atoms with Crippen molar-refractivity contribution >= 4 is 48.3 Å². The molecule has 0 saturated carbocycles. The fourth-order valence-corrected chi connectivity index (χ4v) is 5.85. The van der Waals surface area contributed by atoms with Crippen molar-refractivity contribution in [1.82, 2.24) is 25.3 Å². The second-order valence-electron chi connectivity index (χ2n) is 16.2. The second kappa shape index (κ2) is 14.1. The van der Waals surface area contributed by atoms with E-state index in [-0.39, 0.29) is 18.9 Å². The summed E-state index contributed by atoms with van der Waals surface area (Å²) in [4.78, 5) is 92.4. The lowest BCUT2D eigenvalue weighted by Gasteiger charge is -2.55. The van der Waals surface area contributed by atoms with Crippen molar-refractivity contribution in [3.63, 3.8) is 0 Å². The normalized spacial score (nSPS) is 24.2. The van der Waals surface area contributed by atoms with E-state index in [2.05, 4.69) is 15.6 Å². The average molecular weight is 725 g/mol. The first kappa shape index (κ1) is 40.6. The number of ether oxygens (including phenoxy) is 5. The van der Waals surface area contributed by atoms with Crippen molar-refractivity contribution in [1.29, 1.82) is 0 Å². The van der Waals surface area contributed by atoms with E-state index >= 15 is 0 Å². The van der Waals surface area contributed by atoms with Gasteiger partial charge in [-0.15, -0.1) is 4.99 Å². The summed E-state index contributed by atoms with van der Waals surface area (Å²) >= 11 is 0. The van der Waals surface area contributed by atoms with Gasteiger partial charge in [-0.1, -0.05) is 0 Å². The number of primary amides is 1. The number of hydrogen-bond donors (Lipinski definition) is 3. The third kappa shape index (κ3) is 9.69. The Bertz CT molecular complexity index is 1490. The minimum absolute atomic E-state index is 0.0100. The molecule has 3 heterocycles. The van der Waals surface area contributed by atoms with Gasteiger partial charge >= 0.3 is 36.4 Å². The number of amides is 6. The summed E-state index contributed by atoms with van der Waals surface area (Å²) in [5, 5.41) is 4.98. The minimum atomic E-state index is -1.97. The van der Waals surface area contributed by atoms with Crippen LogP contribution >= 0.6 is 0 Å². The molecule has 1 spiro atoms. The standard InChI is InChI=1S/C32H52N8O11/c1-17(41)47-19-14-15-38-23(37-25(44)49-29(5,6)7)39(26(45)50-30(8,9)10)18(16-34-21(33)42)20-32(19,38)40(27(46)51-31(11,12)13)22(35-20)36-24(43)48-28(2,3)4/h18-20H,14-16H2,1-13H3,(H3,33,34,42)(H,35,36,43)/b37-23+/t18-,19-,20-,32-/m0/s1. The zero-order chi connectivity index (χ0) is 39.1. The Morgan fingerprint density at radius 3 is 1.86 bits per heavy atom. The van der Waals surface area contributed by atoms with Crippen LogP contribution in [0.15, 0.2) is 9.98 Å². The van der Waals surface area contributed by atoms with E-state index in [1.807, 2.05) is 0 Å². The first-order chi connectivity index (χ1) is 23.1. The van der Waals surface area contributed by atoms with Crippen LogP contribution in [-0.4, -0.2) is 122 Å². The molecule has 6 amide bonds. The Kier molecular flexibility index (Phi) is 11.2. The van der Waals surface area contributed by atoms with E-state index < -0.39 is 95.1 Å². The number of guanidine groups is 2. The number of nitrogens with zero attached hydrogens (tertiary/aromatic N) is 5. The second-order valence-corrected chi connectivity index (χ2v) is 16.2. The van der Waals surface area contributed by atoms with Crippen molar-refractivity contribution < 1.29 is 52.5 Å². The molecule has 0 aromatic carbocycles. The van der Waals surface area contributed by atoms with Gasteiger partial charge in [0, 0.05) is 26.4 Å². The van der Waals surface area contributed by atoms with Gasteiger partial charge in [0.1, 0.15) is 34.6 Å². The molecule has 19 heteroatoms. The molecule has 286 valence electrons. The molecule has 0 aromatic heterocycles. The molecule has 4 N–H and O–H groups in total. The fourth-order valence-electron chi connectivity index (χ4n) is 5.85. The highest BCUT2D eigenvalue weighted by Gasteiger charge is 2.73. The van der Waals surface area contributed by atoms with Crippen LogP contribution < -0.4 is 16.4 Å². The largest absolute Gasteiger partial charge is 0.458 e. The predicted octanol–water partition coefficient (Wildman–Crippen LogP) is 3.40. The Morgan fingerprint density at radius 2 is 1.37 bits per heavy atom. The van der Waals surface area contributed by atoms with E-state index in [4.69, 9.17) is 34.4 Å². The summed E-state index contributed by atoms with van der Waals surface area (Å²) in [6.07, 6.45) is -5.42. The summed E-state index contributed by atoms with van der Waals surface area (Å²) in [5.74, 6) is -1.53. The number of nitrogens with one attached hydrogen (secondary N) is 2. The highest BCUT2D eigenvalue weighted by atomic mass is 16.6. The monoisotopic (exact) mass is 724 g/mol. The molecule has 51 heavy (non-hydrogen) atoms. The molecule has 0 radical (unpaired) electrons. The van der Waals surface area contributed by atoms with E-state index in [0.717, 1.165) is 9.80 Å². The van der Waals surface area contributed by atoms with Gasteiger partial charge in [-0.2, -0.15) is 0 Å². The Morgan fingerprint density at radius 1 is 0.843 bits per heavy atom. The lowest BCUT2D eigenvalue weighted by Crippen LogP contribution is -2.80. The molecule has 2 fully saturated rings. The maximum absolute atomic E-state index is 14.4.